The second-order valence-electron chi connectivity index (χ2n) is 3.91. The molecule has 0 aliphatic heterocycles. The van der Waals surface area contributed by atoms with Crippen LogP contribution in [0, 0.1) is 0 Å². The molecule has 0 saturated carbocycles. The Balaban J connectivity index is 2.44. The highest BCUT2D eigenvalue weighted by Gasteiger charge is 2.09. The standard InChI is InChI=1S/C13H20N2O3/c1-10(8-15-13(16)9-14-2)18-12-7-5-4-6-11(12)17-3/h4-7,10,14H,8-9H2,1-3H3,(H,15,16). The van der Waals surface area contributed by atoms with Gasteiger partial charge in [0.1, 0.15) is 6.10 Å². The van der Waals surface area contributed by atoms with Crippen molar-refractivity contribution in [2.75, 3.05) is 27.2 Å². The quantitative estimate of drug-likeness (QED) is 0.753. The molecule has 1 aromatic rings. The van der Waals surface area contributed by atoms with Gasteiger partial charge in [-0.05, 0) is 26.1 Å². The maximum atomic E-state index is 11.3. The van der Waals surface area contributed by atoms with Crippen molar-refractivity contribution in [3.05, 3.63) is 24.3 Å². The zero-order valence-electron chi connectivity index (χ0n) is 11.0. The molecule has 0 aliphatic rings. The van der Waals surface area contributed by atoms with Gasteiger partial charge in [-0.25, -0.2) is 0 Å². The van der Waals surface area contributed by atoms with E-state index >= 15 is 0 Å². The minimum absolute atomic E-state index is 0.0482. The second kappa shape index (κ2) is 7.55. The van der Waals surface area contributed by atoms with E-state index in [9.17, 15) is 4.79 Å². The number of benzene rings is 1. The molecule has 1 atom stereocenters. The van der Waals surface area contributed by atoms with Crippen molar-refractivity contribution in [1.29, 1.82) is 0 Å². The van der Waals surface area contributed by atoms with E-state index in [1.807, 2.05) is 31.2 Å². The van der Waals surface area contributed by atoms with Gasteiger partial charge in [-0.15, -0.1) is 0 Å². The Morgan fingerprint density at radius 3 is 2.61 bits per heavy atom. The van der Waals surface area contributed by atoms with Gasteiger partial charge < -0.3 is 20.1 Å². The fraction of sp³-hybridized carbons (Fsp3) is 0.462. The molecular formula is C13H20N2O3. The smallest absolute Gasteiger partial charge is 0.234 e. The summed E-state index contributed by atoms with van der Waals surface area (Å²) in [5, 5.41) is 5.56. The monoisotopic (exact) mass is 252 g/mol. The third-order valence-electron chi connectivity index (χ3n) is 2.32. The summed E-state index contributed by atoms with van der Waals surface area (Å²) in [7, 11) is 3.33. The first-order valence-electron chi connectivity index (χ1n) is 5.88. The third kappa shape index (κ3) is 4.63. The summed E-state index contributed by atoms with van der Waals surface area (Å²) in [6.07, 6.45) is -0.123. The molecule has 18 heavy (non-hydrogen) atoms. The van der Waals surface area contributed by atoms with Crippen LogP contribution in [0.3, 0.4) is 0 Å². The van der Waals surface area contributed by atoms with Crippen molar-refractivity contribution in [2.45, 2.75) is 13.0 Å². The normalized spacial score (nSPS) is 11.7. The minimum atomic E-state index is -0.123. The number of carbonyl (C=O) groups is 1. The lowest BCUT2D eigenvalue weighted by atomic mass is 10.3. The van der Waals surface area contributed by atoms with E-state index in [-0.39, 0.29) is 12.0 Å². The Labute approximate surface area is 107 Å². The second-order valence-corrected chi connectivity index (χ2v) is 3.91. The molecule has 5 heteroatoms. The maximum absolute atomic E-state index is 11.3. The molecule has 1 amide bonds. The van der Waals surface area contributed by atoms with Crippen LogP contribution in [0.2, 0.25) is 0 Å². The molecule has 0 bridgehead atoms. The summed E-state index contributed by atoms with van der Waals surface area (Å²) in [4.78, 5) is 11.3. The van der Waals surface area contributed by atoms with Crippen LogP contribution in [0.25, 0.3) is 0 Å². The Bertz CT molecular complexity index is 382. The molecule has 5 nitrogen and oxygen atoms in total. The van der Waals surface area contributed by atoms with Crippen molar-refractivity contribution in [3.8, 4) is 11.5 Å². The largest absolute Gasteiger partial charge is 0.493 e. The highest BCUT2D eigenvalue weighted by molar-refractivity contribution is 5.77. The fourth-order valence-corrected chi connectivity index (χ4v) is 1.46. The number of para-hydroxylation sites is 2. The van der Waals surface area contributed by atoms with Crippen molar-refractivity contribution in [2.24, 2.45) is 0 Å². The van der Waals surface area contributed by atoms with E-state index in [0.29, 0.717) is 24.6 Å². The molecule has 100 valence electrons. The van der Waals surface area contributed by atoms with Crippen LogP contribution in [0.4, 0.5) is 0 Å². The first-order chi connectivity index (χ1) is 8.67. The number of likely N-dealkylation sites (N-methyl/N-ethyl adjacent to an activating group) is 1. The summed E-state index contributed by atoms with van der Waals surface area (Å²) in [6.45, 7) is 2.66. The van der Waals surface area contributed by atoms with Gasteiger partial charge in [0, 0.05) is 0 Å². The SMILES string of the molecule is CNCC(=O)NCC(C)Oc1ccccc1OC. The van der Waals surface area contributed by atoms with E-state index in [0.717, 1.165) is 0 Å². The molecule has 2 N–H and O–H groups in total. The van der Waals surface area contributed by atoms with Crippen LogP contribution in [0.5, 0.6) is 11.5 Å². The number of carbonyl (C=O) groups excluding carboxylic acids is 1. The number of hydrogen-bond donors (Lipinski definition) is 2. The first-order valence-corrected chi connectivity index (χ1v) is 5.88. The summed E-state index contributed by atoms with van der Waals surface area (Å²) in [6, 6.07) is 7.43. The predicted molar refractivity (Wildman–Crippen MR) is 70.0 cm³/mol. The molecule has 0 spiro atoms. The van der Waals surface area contributed by atoms with Gasteiger partial charge >= 0.3 is 0 Å². The summed E-state index contributed by atoms with van der Waals surface area (Å²) >= 11 is 0. The zero-order chi connectivity index (χ0) is 13.4. The average Bonchev–Trinajstić information content (AvgIpc) is 2.37. The van der Waals surface area contributed by atoms with Gasteiger partial charge in [0.15, 0.2) is 11.5 Å². The number of rotatable bonds is 7. The van der Waals surface area contributed by atoms with Crippen molar-refractivity contribution >= 4 is 5.91 Å². The highest BCUT2D eigenvalue weighted by Crippen LogP contribution is 2.26. The van der Waals surface area contributed by atoms with Crippen molar-refractivity contribution < 1.29 is 14.3 Å². The van der Waals surface area contributed by atoms with Crippen LogP contribution >= 0.6 is 0 Å². The lowest BCUT2D eigenvalue weighted by Gasteiger charge is -2.17. The maximum Gasteiger partial charge on any atom is 0.234 e. The summed E-state index contributed by atoms with van der Waals surface area (Å²) in [5.41, 5.74) is 0. The summed E-state index contributed by atoms with van der Waals surface area (Å²) < 4.78 is 10.9. The molecule has 1 aromatic carbocycles. The third-order valence-corrected chi connectivity index (χ3v) is 2.32. The van der Waals surface area contributed by atoms with Crippen molar-refractivity contribution in [3.63, 3.8) is 0 Å². The van der Waals surface area contributed by atoms with Crippen LogP contribution in [0.15, 0.2) is 24.3 Å². The fourth-order valence-electron chi connectivity index (χ4n) is 1.46. The Kier molecular flexibility index (Phi) is 6.00. The van der Waals surface area contributed by atoms with E-state index in [2.05, 4.69) is 10.6 Å². The number of nitrogens with one attached hydrogen (secondary N) is 2. The van der Waals surface area contributed by atoms with E-state index in [1.165, 1.54) is 0 Å². The molecule has 1 unspecified atom stereocenters. The summed E-state index contributed by atoms with van der Waals surface area (Å²) in [5.74, 6) is 1.31. The van der Waals surface area contributed by atoms with Crippen molar-refractivity contribution in [1.82, 2.24) is 10.6 Å². The number of ether oxygens (including phenoxy) is 2. The van der Waals surface area contributed by atoms with E-state index < -0.39 is 0 Å². The van der Waals surface area contributed by atoms with Gasteiger partial charge in [-0.1, -0.05) is 12.1 Å². The van der Waals surface area contributed by atoms with Crippen LogP contribution in [-0.2, 0) is 4.79 Å². The van der Waals surface area contributed by atoms with E-state index in [4.69, 9.17) is 9.47 Å². The molecule has 0 radical (unpaired) electrons. The lowest BCUT2D eigenvalue weighted by Crippen LogP contribution is -2.38. The first kappa shape index (κ1) is 14.3. The van der Waals surface area contributed by atoms with Gasteiger partial charge in [0.05, 0.1) is 20.2 Å². The van der Waals surface area contributed by atoms with Gasteiger partial charge in [-0.2, -0.15) is 0 Å². The molecular weight excluding hydrogens is 232 g/mol. The Morgan fingerprint density at radius 1 is 1.33 bits per heavy atom. The number of hydrogen-bond acceptors (Lipinski definition) is 4. The molecule has 0 heterocycles. The molecule has 0 fully saturated rings. The molecule has 0 aromatic heterocycles. The van der Waals surface area contributed by atoms with Gasteiger partial charge in [0.2, 0.25) is 5.91 Å². The number of amides is 1. The average molecular weight is 252 g/mol. The highest BCUT2D eigenvalue weighted by atomic mass is 16.5. The Morgan fingerprint density at radius 2 is 2.00 bits per heavy atom. The van der Waals surface area contributed by atoms with Gasteiger partial charge in [-0.3, -0.25) is 4.79 Å². The predicted octanol–water partition coefficient (Wildman–Crippen LogP) is 0.798. The van der Waals surface area contributed by atoms with E-state index in [1.54, 1.807) is 14.2 Å². The molecule has 1 rings (SSSR count). The zero-order valence-corrected chi connectivity index (χ0v) is 11.0. The molecule has 0 saturated heterocycles. The number of methoxy groups -OCH3 is 1. The Hall–Kier alpha value is -1.75. The minimum Gasteiger partial charge on any atom is -0.493 e. The molecule has 0 aliphatic carbocycles. The van der Waals surface area contributed by atoms with Crippen LogP contribution in [0.1, 0.15) is 6.92 Å². The lowest BCUT2D eigenvalue weighted by molar-refractivity contribution is -0.120. The topological polar surface area (TPSA) is 59.6 Å². The van der Waals surface area contributed by atoms with Gasteiger partial charge in [0.25, 0.3) is 0 Å². The van der Waals surface area contributed by atoms with Crippen LogP contribution < -0.4 is 20.1 Å². The van der Waals surface area contributed by atoms with Crippen LogP contribution in [-0.4, -0.2) is 39.3 Å².